The summed E-state index contributed by atoms with van der Waals surface area (Å²) < 4.78 is 37.4. The molecule has 0 radical (unpaired) electrons. The molecule has 0 atom stereocenters. The number of alkyl halides is 3. The summed E-state index contributed by atoms with van der Waals surface area (Å²) in [6, 6.07) is 3.82. The average molecular weight is 255 g/mol. The molecule has 4 nitrogen and oxygen atoms in total. The molecule has 0 N–H and O–H groups in total. The second-order valence-corrected chi connectivity index (χ2v) is 3.55. The molecule has 0 amide bonds. The smallest absolute Gasteiger partial charge is 0.285 e. The van der Waals surface area contributed by atoms with Crippen LogP contribution in [0.15, 0.2) is 39.0 Å². The van der Waals surface area contributed by atoms with E-state index in [1.54, 1.807) is 0 Å². The molecule has 0 spiro atoms. The fourth-order valence-electron chi connectivity index (χ4n) is 1.59. The van der Waals surface area contributed by atoms with E-state index < -0.39 is 28.3 Å². The van der Waals surface area contributed by atoms with Crippen LogP contribution < -0.4 is 10.9 Å². The van der Waals surface area contributed by atoms with Gasteiger partial charge in [0.05, 0.1) is 11.1 Å². The second-order valence-electron chi connectivity index (χ2n) is 3.55. The lowest BCUT2D eigenvalue weighted by Crippen LogP contribution is -2.32. The molecule has 0 aliphatic heterocycles. The summed E-state index contributed by atoms with van der Waals surface area (Å²) in [5.74, 6) is 0. The molecule has 0 fully saturated rings. The van der Waals surface area contributed by atoms with E-state index in [9.17, 15) is 27.7 Å². The number of hydrogen-bond acceptors (Lipinski definition) is 4. The van der Waals surface area contributed by atoms with E-state index in [0.29, 0.717) is 6.07 Å². The van der Waals surface area contributed by atoms with Crippen LogP contribution in [0.5, 0.6) is 0 Å². The van der Waals surface area contributed by atoms with Crippen molar-refractivity contribution in [2.24, 2.45) is 5.18 Å². The molecule has 7 heteroatoms. The normalized spacial score (nSPS) is 11.7. The van der Waals surface area contributed by atoms with Gasteiger partial charge in [0.25, 0.3) is 5.43 Å². The van der Waals surface area contributed by atoms with Crippen molar-refractivity contribution < 1.29 is 13.2 Å². The monoisotopic (exact) mass is 255 g/mol. The highest BCUT2D eigenvalue weighted by molar-refractivity contribution is 5.79. The van der Waals surface area contributed by atoms with E-state index in [1.807, 2.05) is 0 Å². The van der Waals surface area contributed by atoms with Crippen molar-refractivity contribution in [3.63, 3.8) is 0 Å². The van der Waals surface area contributed by atoms with Crippen LogP contribution in [-0.4, -0.2) is 0 Å². The quantitative estimate of drug-likeness (QED) is 0.611. The van der Waals surface area contributed by atoms with Gasteiger partial charge >= 0.3 is 6.18 Å². The summed E-state index contributed by atoms with van der Waals surface area (Å²) in [5.41, 5.74) is -4.16. The van der Waals surface area contributed by atoms with Gasteiger partial charge in [-0.1, -0.05) is 12.1 Å². The van der Waals surface area contributed by atoms with Crippen molar-refractivity contribution in [1.29, 1.82) is 0 Å². The summed E-state index contributed by atoms with van der Waals surface area (Å²) in [4.78, 5) is 32.4. The number of rotatable bonds is 2. The first kappa shape index (κ1) is 12.2. The minimum atomic E-state index is -4.57. The standard InChI is InChI=1S/C11H4F3NO3/c12-11(13,14)6-3-1-2-5(4-6)7-8(15-18)10(17)9(7)16/h1-4H. The van der Waals surface area contributed by atoms with E-state index in [4.69, 9.17) is 0 Å². The summed E-state index contributed by atoms with van der Waals surface area (Å²) in [6.07, 6.45) is -4.57. The Kier molecular flexibility index (Phi) is 2.61. The predicted octanol–water partition coefficient (Wildman–Crippen LogP) is 2.37. The maximum Gasteiger partial charge on any atom is 0.416 e. The minimum absolute atomic E-state index is 0.135. The molecule has 0 aliphatic rings. The number of benzene rings is 1. The molecule has 0 saturated carbocycles. The first-order valence-electron chi connectivity index (χ1n) is 4.70. The highest BCUT2D eigenvalue weighted by Gasteiger charge is 2.31. The lowest BCUT2D eigenvalue weighted by atomic mass is 9.97. The number of nitrogens with zero attached hydrogens (tertiary/aromatic N) is 1. The van der Waals surface area contributed by atoms with Crippen LogP contribution in [0.1, 0.15) is 5.56 Å². The fraction of sp³-hybridized carbons (Fsp3) is 0.0909. The maximum absolute atomic E-state index is 12.5. The molecule has 2 aromatic carbocycles. The van der Waals surface area contributed by atoms with Gasteiger partial charge in [-0.15, -0.1) is 4.91 Å². The molecule has 0 heterocycles. The Morgan fingerprint density at radius 2 is 1.72 bits per heavy atom. The Labute approximate surface area is 97.3 Å². The Morgan fingerprint density at radius 3 is 2.28 bits per heavy atom. The van der Waals surface area contributed by atoms with Gasteiger partial charge in [0.1, 0.15) is 0 Å². The third-order valence-electron chi connectivity index (χ3n) is 2.46. The molecule has 92 valence electrons. The van der Waals surface area contributed by atoms with Gasteiger partial charge in [-0.25, -0.2) is 0 Å². The minimum Gasteiger partial charge on any atom is -0.285 e. The zero-order valence-electron chi connectivity index (χ0n) is 8.62. The number of halogens is 3. The zero-order chi connectivity index (χ0) is 13.5. The highest BCUT2D eigenvalue weighted by Crippen LogP contribution is 2.33. The van der Waals surface area contributed by atoms with Gasteiger partial charge in [0.15, 0.2) is 5.69 Å². The third kappa shape index (κ3) is 1.73. The third-order valence-corrected chi connectivity index (χ3v) is 2.46. The Balaban J connectivity index is 2.60. The molecule has 0 saturated heterocycles. The van der Waals surface area contributed by atoms with Crippen molar-refractivity contribution in [2.45, 2.75) is 6.18 Å². The van der Waals surface area contributed by atoms with Crippen LogP contribution in [0.4, 0.5) is 18.9 Å². The molecule has 0 unspecified atom stereocenters. The highest BCUT2D eigenvalue weighted by atomic mass is 19.4. The van der Waals surface area contributed by atoms with Crippen molar-refractivity contribution >= 4 is 5.69 Å². The Bertz CT molecular complexity index is 696. The van der Waals surface area contributed by atoms with E-state index in [-0.39, 0.29) is 11.1 Å². The summed E-state index contributed by atoms with van der Waals surface area (Å²) in [6.45, 7) is 0. The van der Waals surface area contributed by atoms with Gasteiger partial charge in [-0.2, -0.15) is 13.2 Å². The van der Waals surface area contributed by atoms with Crippen LogP contribution in [0, 0.1) is 4.91 Å². The molecule has 0 bridgehead atoms. The molecule has 0 aromatic heterocycles. The summed E-state index contributed by atoms with van der Waals surface area (Å²) in [5, 5.41) is 2.35. The molecular formula is C11H4F3NO3. The number of nitroso groups, excluding NO2 is 1. The van der Waals surface area contributed by atoms with Crippen molar-refractivity contribution in [1.82, 2.24) is 0 Å². The maximum atomic E-state index is 12.5. The molecule has 18 heavy (non-hydrogen) atoms. The summed E-state index contributed by atoms with van der Waals surface area (Å²) >= 11 is 0. The van der Waals surface area contributed by atoms with Gasteiger partial charge in [-0.3, -0.25) is 9.59 Å². The van der Waals surface area contributed by atoms with Crippen molar-refractivity contribution in [3.05, 3.63) is 55.2 Å². The largest absolute Gasteiger partial charge is 0.416 e. The molecule has 0 aliphatic carbocycles. The van der Waals surface area contributed by atoms with Crippen LogP contribution in [-0.2, 0) is 6.18 Å². The van der Waals surface area contributed by atoms with E-state index >= 15 is 0 Å². The fourth-order valence-corrected chi connectivity index (χ4v) is 1.59. The van der Waals surface area contributed by atoms with E-state index in [0.717, 1.165) is 12.1 Å². The molecular weight excluding hydrogens is 251 g/mol. The van der Waals surface area contributed by atoms with Crippen LogP contribution >= 0.6 is 0 Å². The first-order chi connectivity index (χ1) is 8.36. The SMILES string of the molecule is O=Nc1c(-c2cccc(C(F)(F)F)c2)c(=O)c1=O. The number of hydrogen-bond donors (Lipinski definition) is 0. The van der Waals surface area contributed by atoms with Crippen molar-refractivity contribution in [2.75, 3.05) is 0 Å². The van der Waals surface area contributed by atoms with Gasteiger partial charge in [-0.05, 0) is 22.9 Å². The lowest BCUT2D eigenvalue weighted by molar-refractivity contribution is -0.137. The Morgan fingerprint density at radius 1 is 1.06 bits per heavy atom. The van der Waals surface area contributed by atoms with Gasteiger partial charge in [0.2, 0.25) is 5.43 Å². The van der Waals surface area contributed by atoms with Gasteiger partial charge in [0, 0.05) is 0 Å². The topological polar surface area (TPSA) is 63.6 Å². The molecule has 2 rings (SSSR count). The first-order valence-corrected chi connectivity index (χ1v) is 4.70. The van der Waals surface area contributed by atoms with Gasteiger partial charge < -0.3 is 0 Å². The van der Waals surface area contributed by atoms with Crippen LogP contribution in [0.2, 0.25) is 0 Å². The second kappa shape index (κ2) is 3.86. The summed E-state index contributed by atoms with van der Waals surface area (Å²) in [7, 11) is 0. The van der Waals surface area contributed by atoms with Crippen LogP contribution in [0.3, 0.4) is 0 Å². The van der Waals surface area contributed by atoms with Crippen molar-refractivity contribution in [3.8, 4) is 11.1 Å². The molecule has 2 aromatic rings. The van der Waals surface area contributed by atoms with Crippen LogP contribution in [0.25, 0.3) is 11.1 Å². The van der Waals surface area contributed by atoms with E-state index in [2.05, 4.69) is 5.18 Å². The Hall–Kier alpha value is -2.31. The predicted molar refractivity (Wildman–Crippen MR) is 57.2 cm³/mol. The average Bonchev–Trinajstić information content (AvgIpc) is 2.33. The zero-order valence-corrected chi connectivity index (χ0v) is 8.62. The lowest BCUT2D eigenvalue weighted by Gasteiger charge is -2.09. The van der Waals surface area contributed by atoms with E-state index in [1.165, 1.54) is 6.07 Å².